The highest BCUT2D eigenvalue weighted by Gasteiger charge is 2.18. The van der Waals surface area contributed by atoms with Gasteiger partial charge in [0.1, 0.15) is 0 Å². The summed E-state index contributed by atoms with van der Waals surface area (Å²) in [5.41, 5.74) is 0. The van der Waals surface area contributed by atoms with Crippen molar-refractivity contribution in [3.63, 3.8) is 0 Å². The first-order chi connectivity index (χ1) is 6.76. The molecule has 0 aromatic carbocycles. The zero-order valence-corrected chi connectivity index (χ0v) is 9.29. The van der Waals surface area contributed by atoms with Crippen LogP contribution in [0.2, 0.25) is 0 Å². The molecule has 0 bridgehead atoms. The average Bonchev–Trinajstić information content (AvgIpc) is 2.20. The van der Waals surface area contributed by atoms with E-state index in [4.69, 9.17) is 4.84 Å². The summed E-state index contributed by atoms with van der Waals surface area (Å²) in [6, 6.07) is 0. The third-order valence-electron chi connectivity index (χ3n) is 2.16. The van der Waals surface area contributed by atoms with E-state index in [1.54, 1.807) is 0 Å². The summed E-state index contributed by atoms with van der Waals surface area (Å²) in [6.45, 7) is 7.41. The Labute approximate surface area is 86.5 Å². The first kappa shape index (κ1) is 13.1. The van der Waals surface area contributed by atoms with Crippen molar-refractivity contribution in [1.82, 2.24) is 0 Å². The monoisotopic (exact) mass is 199 g/mol. The van der Waals surface area contributed by atoms with Crippen molar-refractivity contribution < 1.29 is 9.63 Å². The molecule has 0 spiro atoms. The van der Waals surface area contributed by atoms with Gasteiger partial charge in [-0.05, 0) is 19.3 Å². The van der Waals surface area contributed by atoms with E-state index in [0.717, 1.165) is 32.1 Å². The molecule has 0 rings (SSSR count). The van der Waals surface area contributed by atoms with Crippen LogP contribution in [0.4, 0.5) is 0 Å². The molecule has 0 amide bonds. The minimum Gasteiger partial charge on any atom is -0.385 e. The molecule has 3 nitrogen and oxygen atoms in total. The SMILES string of the molecule is C=NOC(CCCC)C(=O)CCCC. The molecule has 0 aliphatic rings. The standard InChI is InChI=1S/C11H21NO2/c1-4-6-8-10(13)11(14-12-3)9-7-5-2/h11H,3-9H2,1-2H3. The lowest BCUT2D eigenvalue weighted by molar-refractivity contribution is -0.131. The molecular formula is C11H21NO2. The van der Waals surface area contributed by atoms with Gasteiger partial charge in [0.05, 0.1) is 0 Å². The summed E-state index contributed by atoms with van der Waals surface area (Å²) in [6.07, 6.45) is 5.03. The van der Waals surface area contributed by atoms with Crippen LogP contribution >= 0.6 is 0 Å². The number of carbonyl (C=O) groups is 1. The summed E-state index contributed by atoms with van der Waals surface area (Å²) in [4.78, 5) is 16.6. The molecule has 0 N–H and O–H groups in total. The molecule has 0 saturated carbocycles. The van der Waals surface area contributed by atoms with E-state index in [-0.39, 0.29) is 11.9 Å². The number of rotatable bonds is 9. The van der Waals surface area contributed by atoms with Crippen LogP contribution in [0.15, 0.2) is 5.16 Å². The Hall–Kier alpha value is -0.860. The smallest absolute Gasteiger partial charge is 0.185 e. The van der Waals surface area contributed by atoms with Gasteiger partial charge in [-0.15, -0.1) is 5.16 Å². The Bertz CT molecular complexity index is 169. The average molecular weight is 199 g/mol. The highest BCUT2D eigenvalue weighted by molar-refractivity contribution is 5.82. The van der Waals surface area contributed by atoms with Crippen LogP contribution in [-0.4, -0.2) is 18.6 Å². The Balaban J connectivity index is 3.90. The van der Waals surface area contributed by atoms with E-state index in [9.17, 15) is 4.79 Å². The second kappa shape index (κ2) is 8.73. The summed E-state index contributed by atoms with van der Waals surface area (Å²) in [5, 5.41) is 3.35. The molecule has 0 aromatic heterocycles. The molecule has 14 heavy (non-hydrogen) atoms. The van der Waals surface area contributed by atoms with Gasteiger partial charge in [-0.25, -0.2) is 0 Å². The lowest BCUT2D eigenvalue weighted by Gasteiger charge is -2.12. The van der Waals surface area contributed by atoms with Crippen molar-refractivity contribution in [2.45, 2.75) is 58.5 Å². The summed E-state index contributed by atoms with van der Waals surface area (Å²) < 4.78 is 0. The quantitative estimate of drug-likeness (QED) is 0.423. The molecule has 0 radical (unpaired) electrons. The topological polar surface area (TPSA) is 38.7 Å². The zero-order chi connectivity index (χ0) is 10.8. The molecule has 0 heterocycles. The van der Waals surface area contributed by atoms with E-state index in [0.29, 0.717) is 6.42 Å². The van der Waals surface area contributed by atoms with Crippen LogP contribution in [0, 0.1) is 0 Å². The molecule has 1 unspecified atom stereocenters. The number of Topliss-reactive ketones (excluding diaryl/α,β-unsaturated/α-hetero) is 1. The molecule has 0 aliphatic carbocycles. The minimum absolute atomic E-state index is 0.160. The molecule has 3 heteroatoms. The van der Waals surface area contributed by atoms with Crippen LogP contribution < -0.4 is 0 Å². The fourth-order valence-electron chi connectivity index (χ4n) is 1.26. The number of hydrogen-bond acceptors (Lipinski definition) is 3. The lowest BCUT2D eigenvalue weighted by Crippen LogP contribution is -2.22. The minimum atomic E-state index is -0.362. The Morgan fingerprint density at radius 2 is 2.00 bits per heavy atom. The molecule has 0 fully saturated rings. The highest BCUT2D eigenvalue weighted by atomic mass is 16.6. The predicted molar refractivity (Wildman–Crippen MR) is 58.5 cm³/mol. The van der Waals surface area contributed by atoms with Crippen molar-refractivity contribution in [1.29, 1.82) is 0 Å². The van der Waals surface area contributed by atoms with Crippen molar-refractivity contribution in [3.8, 4) is 0 Å². The summed E-state index contributed by atoms with van der Waals surface area (Å²) in [5.74, 6) is 0.160. The fraction of sp³-hybridized carbons (Fsp3) is 0.818. The van der Waals surface area contributed by atoms with Crippen LogP contribution in [0.5, 0.6) is 0 Å². The molecule has 0 saturated heterocycles. The Kier molecular flexibility index (Phi) is 8.19. The third-order valence-corrected chi connectivity index (χ3v) is 2.16. The number of hydrogen-bond donors (Lipinski definition) is 0. The van der Waals surface area contributed by atoms with Crippen LogP contribution in [-0.2, 0) is 9.63 Å². The van der Waals surface area contributed by atoms with Crippen molar-refractivity contribution in [3.05, 3.63) is 0 Å². The van der Waals surface area contributed by atoms with Gasteiger partial charge in [0, 0.05) is 13.1 Å². The van der Waals surface area contributed by atoms with E-state index in [1.807, 2.05) is 0 Å². The van der Waals surface area contributed by atoms with Gasteiger partial charge in [-0.2, -0.15) is 0 Å². The number of ketones is 1. The summed E-state index contributed by atoms with van der Waals surface area (Å²) in [7, 11) is 0. The van der Waals surface area contributed by atoms with Crippen LogP contribution in [0.25, 0.3) is 0 Å². The Morgan fingerprint density at radius 3 is 2.50 bits per heavy atom. The van der Waals surface area contributed by atoms with E-state index in [2.05, 4.69) is 25.7 Å². The molecule has 82 valence electrons. The zero-order valence-electron chi connectivity index (χ0n) is 9.29. The van der Waals surface area contributed by atoms with Gasteiger partial charge >= 0.3 is 0 Å². The van der Waals surface area contributed by atoms with Gasteiger partial charge in [-0.1, -0.05) is 26.7 Å². The first-order valence-electron chi connectivity index (χ1n) is 5.40. The summed E-state index contributed by atoms with van der Waals surface area (Å²) >= 11 is 0. The number of nitrogens with zero attached hydrogens (tertiary/aromatic N) is 1. The molecular weight excluding hydrogens is 178 g/mol. The van der Waals surface area contributed by atoms with E-state index >= 15 is 0 Å². The van der Waals surface area contributed by atoms with Crippen LogP contribution in [0.1, 0.15) is 52.4 Å². The van der Waals surface area contributed by atoms with E-state index in [1.165, 1.54) is 0 Å². The van der Waals surface area contributed by atoms with Gasteiger partial charge in [0.25, 0.3) is 0 Å². The van der Waals surface area contributed by atoms with Gasteiger partial charge < -0.3 is 4.84 Å². The van der Waals surface area contributed by atoms with E-state index < -0.39 is 0 Å². The highest BCUT2D eigenvalue weighted by Crippen LogP contribution is 2.10. The normalized spacial score (nSPS) is 12.1. The second-order valence-corrected chi connectivity index (χ2v) is 3.44. The third kappa shape index (κ3) is 5.73. The van der Waals surface area contributed by atoms with Gasteiger partial charge in [0.15, 0.2) is 11.9 Å². The number of carbonyl (C=O) groups excluding carboxylic acids is 1. The lowest BCUT2D eigenvalue weighted by atomic mass is 10.0. The Morgan fingerprint density at radius 1 is 1.36 bits per heavy atom. The van der Waals surface area contributed by atoms with Crippen LogP contribution in [0.3, 0.4) is 0 Å². The molecule has 0 aromatic rings. The number of oxime groups is 1. The maximum absolute atomic E-state index is 11.6. The predicted octanol–water partition coefficient (Wildman–Crippen LogP) is 2.94. The first-order valence-corrected chi connectivity index (χ1v) is 5.40. The van der Waals surface area contributed by atoms with Crippen molar-refractivity contribution >= 4 is 12.5 Å². The van der Waals surface area contributed by atoms with Gasteiger partial charge in [-0.3, -0.25) is 4.79 Å². The van der Waals surface area contributed by atoms with Crippen molar-refractivity contribution in [2.75, 3.05) is 0 Å². The van der Waals surface area contributed by atoms with Crippen molar-refractivity contribution in [2.24, 2.45) is 5.16 Å². The maximum Gasteiger partial charge on any atom is 0.185 e. The maximum atomic E-state index is 11.6. The second-order valence-electron chi connectivity index (χ2n) is 3.44. The molecule has 1 atom stereocenters. The van der Waals surface area contributed by atoms with Gasteiger partial charge in [0.2, 0.25) is 0 Å². The number of unbranched alkanes of at least 4 members (excludes halogenated alkanes) is 2. The fourth-order valence-corrected chi connectivity index (χ4v) is 1.26. The molecule has 0 aliphatic heterocycles. The largest absolute Gasteiger partial charge is 0.385 e.